The van der Waals surface area contributed by atoms with Crippen LogP contribution in [-0.2, 0) is 6.42 Å². The maximum absolute atomic E-state index is 4.36. The van der Waals surface area contributed by atoms with Crippen LogP contribution in [0.2, 0.25) is 0 Å². The van der Waals surface area contributed by atoms with Crippen molar-refractivity contribution in [3.63, 3.8) is 0 Å². The van der Waals surface area contributed by atoms with Crippen LogP contribution in [0.5, 0.6) is 0 Å². The molecule has 2 heteroatoms. The van der Waals surface area contributed by atoms with Crippen molar-refractivity contribution in [3.8, 4) is 0 Å². The lowest BCUT2D eigenvalue weighted by molar-refractivity contribution is 0.367. The fourth-order valence-corrected chi connectivity index (χ4v) is 1.59. The maximum atomic E-state index is 4.36. The van der Waals surface area contributed by atoms with Gasteiger partial charge in [0.05, 0.1) is 0 Å². The molecule has 14 heavy (non-hydrogen) atoms. The van der Waals surface area contributed by atoms with Gasteiger partial charge in [0.15, 0.2) is 0 Å². The Morgan fingerprint density at radius 2 is 2.14 bits per heavy atom. The van der Waals surface area contributed by atoms with Gasteiger partial charge in [0.25, 0.3) is 0 Å². The maximum Gasteiger partial charge on any atom is 0.0406 e. The van der Waals surface area contributed by atoms with Crippen molar-refractivity contribution in [2.75, 3.05) is 13.6 Å². The molecule has 0 saturated heterocycles. The van der Waals surface area contributed by atoms with E-state index in [0.29, 0.717) is 11.8 Å². The molecule has 0 radical (unpaired) electrons. The summed E-state index contributed by atoms with van der Waals surface area (Å²) in [6.45, 7) is 5.60. The Kier molecular flexibility index (Phi) is 4.60. The molecule has 78 valence electrons. The molecule has 0 aliphatic rings. The van der Waals surface area contributed by atoms with Crippen LogP contribution < -0.4 is 5.32 Å². The number of aromatic nitrogens is 1. The molecule has 1 N–H and O–H groups in total. The fraction of sp³-hybridized carbons (Fsp3) is 0.583. The van der Waals surface area contributed by atoms with Crippen LogP contribution in [0.3, 0.4) is 0 Å². The predicted molar refractivity (Wildman–Crippen MR) is 60.2 cm³/mol. The predicted octanol–water partition coefficient (Wildman–Crippen LogP) is 2.12. The van der Waals surface area contributed by atoms with Gasteiger partial charge in [-0.15, -0.1) is 0 Å². The van der Waals surface area contributed by atoms with Crippen LogP contribution >= 0.6 is 0 Å². The zero-order chi connectivity index (χ0) is 10.4. The van der Waals surface area contributed by atoms with Gasteiger partial charge in [-0.05, 0) is 44.0 Å². The summed E-state index contributed by atoms with van der Waals surface area (Å²) in [6.07, 6.45) is 2.94. The Bertz CT molecular complexity index is 244. The highest BCUT2D eigenvalue weighted by Gasteiger charge is 2.13. The quantitative estimate of drug-likeness (QED) is 0.773. The van der Waals surface area contributed by atoms with E-state index in [2.05, 4.69) is 36.3 Å². The van der Waals surface area contributed by atoms with E-state index in [1.54, 1.807) is 0 Å². The van der Waals surface area contributed by atoms with Gasteiger partial charge in [0.2, 0.25) is 0 Å². The van der Waals surface area contributed by atoms with Gasteiger partial charge >= 0.3 is 0 Å². The first-order chi connectivity index (χ1) is 6.74. The van der Waals surface area contributed by atoms with Gasteiger partial charge in [-0.2, -0.15) is 0 Å². The molecular formula is C12H20N2. The van der Waals surface area contributed by atoms with Gasteiger partial charge in [0, 0.05) is 11.9 Å². The first-order valence-corrected chi connectivity index (χ1v) is 5.28. The second-order valence-electron chi connectivity index (χ2n) is 4.09. The van der Waals surface area contributed by atoms with E-state index in [-0.39, 0.29) is 0 Å². The van der Waals surface area contributed by atoms with E-state index < -0.39 is 0 Å². The second kappa shape index (κ2) is 5.76. The van der Waals surface area contributed by atoms with Crippen molar-refractivity contribution in [2.45, 2.75) is 20.3 Å². The molecule has 0 spiro atoms. The van der Waals surface area contributed by atoms with Crippen molar-refractivity contribution < 1.29 is 0 Å². The van der Waals surface area contributed by atoms with E-state index in [1.165, 1.54) is 5.69 Å². The summed E-state index contributed by atoms with van der Waals surface area (Å²) in [5.41, 5.74) is 1.20. The Morgan fingerprint density at radius 3 is 2.64 bits per heavy atom. The third kappa shape index (κ3) is 3.46. The van der Waals surface area contributed by atoms with Gasteiger partial charge in [-0.3, -0.25) is 4.98 Å². The van der Waals surface area contributed by atoms with E-state index in [1.807, 2.05) is 19.3 Å². The Hall–Kier alpha value is -0.890. The minimum atomic E-state index is 0.676. The zero-order valence-corrected chi connectivity index (χ0v) is 9.33. The lowest BCUT2D eigenvalue weighted by atomic mass is 9.91. The van der Waals surface area contributed by atoms with E-state index in [9.17, 15) is 0 Å². The van der Waals surface area contributed by atoms with E-state index >= 15 is 0 Å². The average molecular weight is 192 g/mol. The first-order valence-electron chi connectivity index (χ1n) is 5.28. The SMILES string of the molecule is CNCC(Cc1ccccn1)C(C)C. The molecule has 1 atom stereocenters. The summed E-state index contributed by atoms with van der Waals surface area (Å²) in [7, 11) is 2.01. The normalized spacial score (nSPS) is 13.1. The number of hydrogen-bond acceptors (Lipinski definition) is 2. The summed E-state index contributed by atoms with van der Waals surface area (Å²) in [4.78, 5) is 4.36. The molecule has 1 aromatic rings. The third-order valence-electron chi connectivity index (χ3n) is 2.61. The van der Waals surface area contributed by atoms with E-state index in [4.69, 9.17) is 0 Å². The smallest absolute Gasteiger partial charge is 0.0406 e. The highest BCUT2D eigenvalue weighted by atomic mass is 14.8. The zero-order valence-electron chi connectivity index (χ0n) is 9.33. The number of hydrogen-bond donors (Lipinski definition) is 1. The Balaban J connectivity index is 2.55. The number of nitrogens with one attached hydrogen (secondary N) is 1. The standard InChI is InChI=1S/C12H20N2/c1-10(2)11(9-13-3)8-12-6-4-5-7-14-12/h4-7,10-11,13H,8-9H2,1-3H3. The largest absolute Gasteiger partial charge is 0.319 e. The first kappa shape index (κ1) is 11.2. The molecule has 1 rings (SSSR count). The van der Waals surface area contributed by atoms with Crippen molar-refractivity contribution in [3.05, 3.63) is 30.1 Å². The minimum absolute atomic E-state index is 0.676. The highest BCUT2D eigenvalue weighted by molar-refractivity contribution is 5.04. The number of pyridine rings is 1. The summed E-state index contributed by atoms with van der Waals surface area (Å²) >= 11 is 0. The molecule has 0 aromatic carbocycles. The van der Waals surface area contributed by atoms with Crippen molar-refractivity contribution in [1.29, 1.82) is 0 Å². The molecule has 0 saturated carbocycles. The molecule has 1 heterocycles. The van der Waals surface area contributed by atoms with Crippen LogP contribution in [0.4, 0.5) is 0 Å². The second-order valence-corrected chi connectivity index (χ2v) is 4.09. The van der Waals surface area contributed by atoms with Crippen LogP contribution in [-0.4, -0.2) is 18.6 Å². The van der Waals surface area contributed by atoms with Gasteiger partial charge in [0.1, 0.15) is 0 Å². The summed E-state index contributed by atoms with van der Waals surface area (Å²) in [5, 5.41) is 3.24. The molecule has 1 aromatic heterocycles. The molecule has 1 unspecified atom stereocenters. The summed E-state index contributed by atoms with van der Waals surface area (Å²) < 4.78 is 0. The summed E-state index contributed by atoms with van der Waals surface area (Å²) in [5.74, 6) is 1.37. The summed E-state index contributed by atoms with van der Waals surface area (Å²) in [6, 6.07) is 6.12. The lowest BCUT2D eigenvalue weighted by Gasteiger charge is -2.19. The van der Waals surface area contributed by atoms with Crippen LogP contribution in [0, 0.1) is 11.8 Å². The minimum Gasteiger partial charge on any atom is -0.319 e. The van der Waals surface area contributed by atoms with E-state index in [0.717, 1.165) is 13.0 Å². The molecule has 0 bridgehead atoms. The molecule has 0 aliphatic carbocycles. The average Bonchev–Trinajstić information content (AvgIpc) is 2.18. The topological polar surface area (TPSA) is 24.9 Å². The molecule has 0 fully saturated rings. The highest BCUT2D eigenvalue weighted by Crippen LogP contribution is 2.14. The third-order valence-corrected chi connectivity index (χ3v) is 2.61. The Labute approximate surface area is 86.8 Å². The van der Waals surface area contributed by atoms with Crippen molar-refractivity contribution in [1.82, 2.24) is 10.3 Å². The van der Waals surface area contributed by atoms with Crippen LogP contribution in [0.15, 0.2) is 24.4 Å². The van der Waals surface area contributed by atoms with Gasteiger partial charge in [-0.25, -0.2) is 0 Å². The Morgan fingerprint density at radius 1 is 1.36 bits per heavy atom. The molecule has 2 nitrogen and oxygen atoms in total. The fourth-order valence-electron chi connectivity index (χ4n) is 1.59. The molecule has 0 aliphatic heterocycles. The lowest BCUT2D eigenvalue weighted by Crippen LogP contribution is -2.25. The number of rotatable bonds is 5. The monoisotopic (exact) mass is 192 g/mol. The van der Waals surface area contributed by atoms with Crippen molar-refractivity contribution >= 4 is 0 Å². The number of nitrogens with zero attached hydrogens (tertiary/aromatic N) is 1. The van der Waals surface area contributed by atoms with Crippen molar-refractivity contribution in [2.24, 2.45) is 11.8 Å². The van der Waals surface area contributed by atoms with Gasteiger partial charge < -0.3 is 5.32 Å². The van der Waals surface area contributed by atoms with Crippen LogP contribution in [0.1, 0.15) is 19.5 Å². The van der Waals surface area contributed by atoms with Crippen LogP contribution in [0.25, 0.3) is 0 Å². The van der Waals surface area contributed by atoms with Gasteiger partial charge in [-0.1, -0.05) is 19.9 Å². The molecule has 0 amide bonds. The molecular weight excluding hydrogens is 172 g/mol.